The summed E-state index contributed by atoms with van der Waals surface area (Å²) in [6, 6.07) is 7.78. The summed E-state index contributed by atoms with van der Waals surface area (Å²) in [7, 11) is 0. The molecule has 2 heterocycles. The Kier molecular flexibility index (Phi) is 3.33. The fourth-order valence-electron chi connectivity index (χ4n) is 4.23. The van der Waals surface area contributed by atoms with Gasteiger partial charge in [-0.2, -0.15) is 0 Å². The maximum Gasteiger partial charge on any atom is 0.269 e. The van der Waals surface area contributed by atoms with Crippen LogP contribution in [-0.4, -0.2) is 42.0 Å². The van der Waals surface area contributed by atoms with Crippen molar-refractivity contribution in [2.45, 2.75) is 25.8 Å². The summed E-state index contributed by atoms with van der Waals surface area (Å²) in [5, 5.41) is 10.7. The zero-order chi connectivity index (χ0) is 15.3. The molecule has 1 aliphatic carbocycles. The van der Waals surface area contributed by atoms with Crippen LogP contribution in [0.4, 0.5) is 11.4 Å². The Morgan fingerprint density at radius 3 is 2.18 bits per heavy atom. The Morgan fingerprint density at radius 1 is 1.09 bits per heavy atom. The number of hydrogen-bond donors (Lipinski definition) is 0. The lowest BCUT2D eigenvalue weighted by atomic mass is 10.0. The Balaban J connectivity index is 1.39. The second kappa shape index (κ2) is 5.23. The van der Waals surface area contributed by atoms with Gasteiger partial charge in [0.2, 0.25) is 0 Å². The second-order valence-corrected chi connectivity index (χ2v) is 7.23. The summed E-state index contributed by atoms with van der Waals surface area (Å²) in [4.78, 5) is 15.5. The maximum atomic E-state index is 10.7. The number of non-ortho nitro benzene ring substituents is 1. The lowest BCUT2D eigenvalue weighted by Crippen LogP contribution is -2.35. The van der Waals surface area contributed by atoms with Gasteiger partial charge in [0.25, 0.3) is 5.69 Å². The van der Waals surface area contributed by atoms with Gasteiger partial charge in [0.1, 0.15) is 0 Å². The van der Waals surface area contributed by atoms with E-state index in [4.69, 9.17) is 0 Å². The smallest absolute Gasteiger partial charge is 0.269 e. The Morgan fingerprint density at radius 2 is 1.68 bits per heavy atom. The average molecular weight is 301 g/mol. The average Bonchev–Trinajstić information content (AvgIpc) is 3.17. The lowest BCUT2D eigenvalue weighted by molar-refractivity contribution is -0.384. The molecule has 1 aromatic carbocycles. The van der Waals surface area contributed by atoms with E-state index in [1.54, 1.807) is 12.1 Å². The monoisotopic (exact) mass is 301 g/mol. The minimum absolute atomic E-state index is 0.174. The van der Waals surface area contributed by atoms with Gasteiger partial charge in [-0.3, -0.25) is 15.0 Å². The van der Waals surface area contributed by atoms with E-state index >= 15 is 0 Å². The summed E-state index contributed by atoms with van der Waals surface area (Å²) in [5.41, 5.74) is 1.30. The third-order valence-electron chi connectivity index (χ3n) is 5.82. The van der Waals surface area contributed by atoms with Crippen LogP contribution in [0.3, 0.4) is 0 Å². The number of nitrogens with zero attached hydrogens (tertiary/aromatic N) is 3. The molecule has 1 unspecified atom stereocenters. The van der Waals surface area contributed by atoms with Crippen molar-refractivity contribution in [2.24, 2.45) is 17.8 Å². The fraction of sp³-hybridized carbons (Fsp3) is 0.647. The summed E-state index contributed by atoms with van der Waals surface area (Å²) in [5.74, 6) is 2.47. The molecule has 22 heavy (non-hydrogen) atoms. The van der Waals surface area contributed by atoms with Crippen LogP contribution in [-0.2, 0) is 0 Å². The topological polar surface area (TPSA) is 49.6 Å². The van der Waals surface area contributed by atoms with Gasteiger partial charge in [-0.1, -0.05) is 0 Å². The van der Waals surface area contributed by atoms with E-state index in [0.717, 1.165) is 42.6 Å². The van der Waals surface area contributed by atoms with Crippen molar-refractivity contribution >= 4 is 11.4 Å². The van der Waals surface area contributed by atoms with Crippen LogP contribution in [0.25, 0.3) is 0 Å². The first-order chi connectivity index (χ1) is 10.6. The summed E-state index contributed by atoms with van der Waals surface area (Å²) in [6.07, 6.45) is 2.84. The van der Waals surface area contributed by atoms with Crippen molar-refractivity contribution in [3.05, 3.63) is 34.4 Å². The second-order valence-electron chi connectivity index (χ2n) is 7.23. The number of rotatable bonds is 4. The standard InChI is InChI=1S/C17H23N3O2/c1-12(13-2-3-13)18-8-14-10-19(11-15(14)9-18)16-4-6-17(7-5-16)20(21)22/h4-7,12-15H,2-3,8-11H2,1H3/t12?,14-,15+. The van der Waals surface area contributed by atoms with Crippen molar-refractivity contribution < 1.29 is 4.92 Å². The molecule has 3 aliphatic rings. The molecule has 5 heteroatoms. The highest BCUT2D eigenvalue weighted by atomic mass is 16.6. The van der Waals surface area contributed by atoms with E-state index in [-0.39, 0.29) is 10.6 Å². The number of likely N-dealkylation sites (tertiary alicyclic amines) is 1. The first-order valence-electron chi connectivity index (χ1n) is 8.35. The van der Waals surface area contributed by atoms with Gasteiger partial charge in [-0.05, 0) is 49.7 Å². The van der Waals surface area contributed by atoms with Gasteiger partial charge in [0, 0.05) is 50.0 Å². The van der Waals surface area contributed by atoms with E-state index in [2.05, 4.69) is 16.7 Å². The molecule has 1 aromatic rings. The van der Waals surface area contributed by atoms with Crippen LogP contribution >= 0.6 is 0 Å². The molecule has 0 aromatic heterocycles. The number of nitro groups is 1. The molecular formula is C17H23N3O2. The van der Waals surface area contributed by atoms with Crippen LogP contribution in [0.5, 0.6) is 0 Å². The number of benzene rings is 1. The molecule has 0 amide bonds. The van der Waals surface area contributed by atoms with E-state index in [0.29, 0.717) is 0 Å². The molecule has 2 aliphatic heterocycles. The normalized spacial score (nSPS) is 29.6. The highest BCUT2D eigenvalue weighted by molar-refractivity contribution is 5.52. The van der Waals surface area contributed by atoms with Crippen LogP contribution < -0.4 is 4.90 Å². The SMILES string of the molecule is CC(C1CC1)N1C[C@H]2CN(c3ccc([N+](=O)[O-])cc3)C[C@H]2C1. The number of fused-ring (bicyclic) bond motifs is 1. The predicted octanol–water partition coefficient (Wildman–Crippen LogP) is 2.76. The Labute approximate surface area is 131 Å². The number of nitro benzene ring substituents is 1. The molecule has 1 saturated carbocycles. The van der Waals surface area contributed by atoms with Gasteiger partial charge < -0.3 is 4.90 Å². The van der Waals surface area contributed by atoms with Crippen molar-refractivity contribution in [1.29, 1.82) is 0 Å². The van der Waals surface area contributed by atoms with E-state index < -0.39 is 0 Å². The zero-order valence-electron chi connectivity index (χ0n) is 13.0. The van der Waals surface area contributed by atoms with E-state index in [9.17, 15) is 10.1 Å². The molecule has 0 bridgehead atoms. The quantitative estimate of drug-likeness (QED) is 0.634. The van der Waals surface area contributed by atoms with Crippen molar-refractivity contribution in [2.75, 3.05) is 31.1 Å². The van der Waals surface area contributed by atoms with Crippen LogP contribution in [0.1, 0.15) is 19.8 Å². The summed E-state index contributed by atoms with van der Waals surface area (Å²) in [6.45, 7) is 7.04. The highest BCUT2D eigenvalue weighted by Gasteiger charge is 2.43. The van der Waals surface area contributed by atoms with Gasteiger partial charge >= 0.3 is 0 Å². The van der Waals surface area contributed by atoms with Gasteiger partial charge in [0.05, 0.1) is 4.92 Å². The minimum atomic E-state index is -0.334. The zero-order valence-corrected chi connectivity index (χ0v) is 13.0. The fourth-order valence-corrected chi connectivity index (χ4v) is 4.23. The molecule has 5 nitrogen and oxygen atoms in total. The molecule has 0 spiro atoms. The Bertz CT molecular complexity index is 556. The summed E-state index contributed by atoms with van der Waals surface area (Å²) < 4.78 is 0. The first-order valence-corrected chi connectivity index (χ1v) is 8.35. The van der Waals surface area contributed by atoms with Crippen molar-refractivity contribution in [3.8, 4) is 0 Å². The van der Waals surface area contributed by atoms with E-state index in [1.807, 2.05) is 12.1 Å². The van der Waals surface area contributed by atoms with Crippen LogP contribution in [0, 0.1) is 27.9 Å². The molecule has 3 atom stereocenters. The lowest BCUT2D eigenvalue weighted by Gasteiger charge is -2.27. The molecule has 3 fully saturated rings. The molecule has 0 radical (unpaired) electrons. The number of anilines is 1. The van der Waals surface area contributed by atoms with Crippen LogP contribution in [0.2, 0.25) is 0 Å². The molecular weight excluding hydrogens is 278 g/mol. The largest absolute Gasteiger partial charge is 0.371 e. The summed E-state index contributed by atoms with van der Waals surface area (Å²) >= 11 is 0. The molecule has 2 saturated heterocycles. The van der Waals surface area contributed by atoms with Crippen molar-refractivity contribution in [1.82, 2.24) is 4.90 Å². The molecule has 118 valence electrons. The molecule has 4 rings (SSSR count). The predicted molar refractivity (Wildman–Crippen MR) is 86.0 cm³/mol. The van der Waals surface area contributed by atoms with Gasteiger partial charge in [-0.25, -0.2) is 0 Å². The third kappa shape index (κ3) is 2.47. The Hall–Kier alpha value is -1.62. The number of hydrogen-bond acceptors (Lipinski definition) is 4. The third-order valence-corrected chi connectivity index (χ3v) is 5.82. The van der Waals surface area contributed by atoms with Gasteiger partial charge in [-0.15, -0.1) is 0 Å². The minimum Gasteiger partial charge on any atom is -0.371 e. The maximum absolute atomic E-state index is 10.7. The van der Waals surface area contributed by atoms with Crippen LogP contribution in [0.15, 0.2) is 24.3 Å². The highest BCUT2D eigenvalue weighted by Crippen LogP contribution is 2.40. The first kappa shape index (κ1) is 14.0. The van der Waals surface area contributed by atoms with Crippen molar-refractivity contribution in [3.63, 3.8) is 0 Å². The van der Waals surface area contributed by atoms with Gasteiger partial charge in [0.15, 0.2) is 0 Å². The molecule has 0 N–H and O–H groups in total. The van der Waals surface area contributed by atoms with E-state index in [1.165, 1.54) is 25.9 Å².